The highest BCUT2D eigenvalue weighted by Crippen LogP contribution is 2.39. The van der Waals surface area contributed by atoms with Gasteiger partial charge in [-0.1, -0.05) is 70.3 Å². The van der Waals surface area contributed by atoms with E-state index < -0.39 is 11.4 Å². The minimum atomic E-state index is -0.619. The molecule has 0 atom stereocenters. The van der Waals surface area contributed by atoms with Gasteiger partial charge in [0.15, 0.2) is 0 Å². The molecule has 0 radical (unpaired) electrons. The number of hydrogen-bond donors (Lipinski definition) is 2. The molecule has 0 bridgehead atoms. The molecule has 4 rings (SSSR count). The van der Waals surface area contributed by atoms with Gasteiger partial charge in [-0.2, -0.15) is 0 Å². The van der Waals surface area contributed by atoms with E-state index in [0.29, 0.717) is 28.1 Å². The quantitative estimate of drug-likeness (QED) is 0.378. The molecule has 1 aliphatic heterocycles. The van der Waals surface area contributed by atoms with Crippen molar-refractivity contribution in [2.24, 2.45) is 5.73 Å². The molecule has 0 saturated heterocycles. The number of nitrogens with zero attached hydrogens (tertiary/aromatic N) is 1. The van der Waals surface area contributed by atoms with Crippen LogP contribution in [0, 0.1) is 0 Å². The molecule has 0 fully saturated rings. The van der Waals surface area contributed by atoms with Crippen LogP contribution in [0.15, 0.2) is 73.8 Å². The van der Waals surface area contributed by atoms with Gasteiger partial charge >= 0.3 is 0 Å². The van der Waals surface area contributed by atoms with Crippen molar-refractivity contribution in [1.29, 1.82) is 0 Å². The highest BCUT2D eigenvalue weighted by Gasteiger charge is 2.39. The van der Waals surface area contributed by atoms with E-state index in [1.165, 1.54) is 16.7 Å². The van der Waals surface area contributed by atoms with E-state index in [9.17, 15) is 9.59 Å². The molecule has 5 nitrogen and oxygen atoms in total. The number of carbonyl (C=O) groups is 2. The number of rotatable bonds is 6. The molecule has 0 spiro atoms. The van der Waals surface area contributed by atoms with Crippen LogP contribution in [0.5, 0.6) is 0 Å². The summed E-state index contributed by atoms with van der Waals surface area (Å²) in [4.78, 5) is 27.1. The Morgan fingerprint density at radius 2 is 1.39 bits per heavy atom. The second-order valence-electron chi connectivity index (χ2n) is 12.0. The van der Waals surface area contributed by atoms with E-state index in [-0.39, 0.29) is 16.9 Å². The SMILES string of the molecule is C=C(Nc1ccc(Cc2ccc(C(C)(C)C)cc2)cc1)c1cc2c(cc1C(N)=O)C(=O)N(C(C)(C)C)C2=C. The standard InChI is InChI=1S/C33H37N3O2/c1-20(26-18-27-21(2)36(33(6,7)8)31(38)29(27)19-28(26)30(34)37)35-25-15-11-23(12-16-25)17-22-9-13-24(14-10-22)32(3,4)5/h9-16,18-19,35H,1-2,17H2,3-8H3,(H2,34,37). The fraction of sp³-hybridized carbons (Fsp3) is 0.273. The molecule has 0 aliphatic carbocycles. The van der Waals surface area contributed by atoms with E-state index in [1.54, 1.807) is 17.0 Å². The Hall–Kier alpha value is -4.12. The van der Waals surface area contributed by atoms with Gasteiger partial charge in [0.2, 0.25) is 5.91 Å². The average Bonchev–Trinajstić information content (AvgIpc) is 3.08. The molecule has 3 aromatic carbocycles. The normalized spacial score (nSPS) is 13.5. The van der Waals surface area contributed by atoms with Gasteiger partial charge in [-0.05, 0) is 73.6 Å². The molecule has 0 saturated carbocycles. The van der Waals surface area contributed by atoms with Crippen LogP contribution in [0.1, 0.15) is 90.1 Å². The van der Waals surface area contributed by atoms with Crippen LogP contribution in [-0.4, -0.2) is 22.3 Å². The van der Waals surface area contributed by atoms with Crippen molar-refractivity contribution in [2.75, 3.05) is 5.32 Å². The molecule has 0 unspecified atom stereocenters. The summed E-state index contributed by atoms with van der Waals surface area (Å²) in [5.41, 5.74) is 13.0. The molecule has 5 heteroatoms. The number of hydrogen-bond acceptors (Lipinski definition) is 3. The summed E-state index contributed by atoms with van der Waals surface area (Å²) in [5.74, 6) is -0.806. The van der Waals surface area contributed by atoms with E-state index in [2.05, 4.69) is 75.6 Å². The van der Waals surface area contributed by atoms with Crippen molar-refractivity contribution < 1.29 is 9.59 Å². The lowest BCUT2D eigenvalue weighted by Gasteiger charge is -2.32. The molecule has 3 N–H and O–H groups in total. The van der Waals surface area contributed by atoms with Gasteiger partial charge in [0.1, 0.15) is 0 Å². The fourth-order valence-corrected chi connectivity index (χ4v) is 4.85. The van der Waals surface area contributed by atoms with E-state index in [0.717, 1.165) is 12.1 Å². The number of anilines is 1. The Balaban J connectivity index is 1.54. The van der Waals surface area contributed by atoms with Gasteiger partial charge in [-0.15, -0.1) is 0 Å². The summed E-state index contributed by atoms with van der Waals surface area (Å²) in [6.45, 7) is 20.8. The van der Waals surface area contributed by atoms with Gasteiger partial charge in [-0.25, -0.2) is 0 Å². The highest BCUT2D eigenvalue weighted by molar-refractivity contribution is 6.12. The number of amides is 2. The van der Waals surface area contributed by atoms with Crippen LogP contribution in [0.2, 0.25) is 0 Å². The van der Waals surface area contributed by atoms with Crippen molar-refractivity contribution in [3.8, 4) is 0 Å². The van der Waals surface area contributed by atoms with Crippen molar-refractivity contribution in [2.45, 2.75) is 58.9 Å². The maximum Gasteiger partial charge on any atom is 0.259 e. The summed E-state index contributed by atoms with van der Waals surface area (Å²) >= 11 is 0. The fourth-order valence-electron chi connectivity index (χ4n) is 4.85. The number of fused-ring (bicyclic) bond motifs is 1. The molecule has 196 valence electrons. The Morgan fingerprint density at radius 1 is 0.868 bits per heavy atom. The van der Waals surface area contributed by atoms with Crippen molar-refractivity contribution in [3.05, 3.63) is 113 Å². The molecule has 3 aromatic rings. The Bertz CT molecular complexity index is 1430. The number of nitrogens with two attached hydrogens (primary N) is 1. The molecule has 0 aromatic heterocycles. The van der Waals surface area contributed by atoms with Crippen LogP contribution in [0.3, 0.4) is 0 Å². The third-order valence-corrected chi connectivity index (χ3v) is 6.91. The maximum atomic E-state index is 13.1. The zero-order valence-electron chi connectivity index (χ0n) is 23.2. The van der Waals surface area contributed by atoms with Gasteiger partial charge < -0.3 is 16.0 Å². The number of primary amides is 1. The minimum Gasteiger partial charge on any atom is -0.366 e. The van der Waals surface area contributed by atoms with Gasteiger partial charge in [-0.3, -0.25) is 9.59 Å². The molecule has 1 heterocycles. The van der Waals surface area contributed by atoms with Crippen molar-refractivity contribution >= 4 is 28.9 Å². The number of carbonyl (C=O) groups excluding carboxylic acids is 2. The van der Waals surface area contributed by atoms with E-state index in [4.69, 9.17) is 5.73 Å². The lowest BCUT2D eigenvalue weighted by Crippen LogP contribution is -2.40. The summed E-state index contributed by atoms with van der Waals surface area (Å²) in [6, 6.07) is 20.3. The lowest BCUT2D eigenvalue weighted by atomic mass is 9.86. The smallest absolute Gasteiger partial charge is 0.259 e. The van der Waals surface area contributed by atoms with E-state index in [1.807, 2.05) is 32.9 Å². The Labute approximate surface area is 226 Å². The van der Waals surface area contributed by atoms with Crippen molar-refractivity contribution in [1.82, 2.24) is 4.90 Å². The summed E-state index contributed by atoms with van der Waals surface area (Å²) in [6.07, 6.45) is 0.836. The first-order chi connectivity index (χ1) is 17.7. The zero-order chi connectivity index (χ0) is 28.0. The van der Waals surface area contributed by atoms with Gasteiger partial charge in [0.05, 0.1) is 5.56 Å². The molecular weight excluding hydrogens is 470 g/mol. The topological polar surface area (TPSA) is 75.4 Å². The van der Waals surface area contributed by atoms with Gasteiger partial charge in [0, 0.05) is 39.3 Å². The summed E-state index contributed by atoms with van der Waals surface area (Å²) in [5, 5.41) is 3.30. The third kappa shape index (κ3) is 5.28. The van der Waals surface area contributed by atoms with Crippen LogP contribution in [0.4, 0.5) is 5.69 Å². The first kappa shape index (κ1) is 26.9. The second-order valence-corrected chi connectivity index (χ2v) is 12.0. The van der Waals surface area contributed by atoms with Crippen LogP contribution in [0.25, 0.3) is 11.4 Å². The first-order valence-corrected chi connectivity index (χ1v) is 12.8. The van der Waals surface area contributed by atoms with E-state index >= 15 is 0 Å². The average molecular weight is 508 g/mol. The van der Waals surface area contributed by atoms with Crippen LogP contribution < -0.4 is 11.1 Å². The second kappa shape index (κ2) is 9.64. The summed E-state index contributed by atoms with van der Waals surface area (Å²) < 4.78 is 0. The van der Waals surface area contributed by atoms with Crippen LogP contribution >= 0.6 is 0 Å². The van der Waals surface area contributed by atoms with Crippen LogP contribution in [-0.2, 0) is 11.8 Å². The lowest BCUT2D eigenvalue weighted by molar-refractivity contribution is 0.0749. The highest BCUT2D eigenvalue weighted by atomic mass is 16.2. The molecule has 1 aliphatic rings. The molecule has 2 amide bonds. The first-order valence-electron chi connectivity index (χ1n) is 12.8. The minimum absolute atomic E-state index is 0.135. The third-order valence-electron chi connectivity index (χ3n) is 6.91. The molecular formula is C33H37N3O2. The molecule has 38 heavy (non-hydrogen) atoms. The van der Waals surface area contributed by atoms with Gasteiger partial charge in [0.25, 0.3) is 5.91 Å². The zero-order valence-corrected chi connectivity index (χ0v) is 23.2. The number of nitrogens with one attached hydrogen (secondary N) is 1. The largest absolute Gasteiger partial charge is 0.366 e. The maximum absolute atomic E-state index is 13.1. The summed E-state index contributed by atoms with van der Waals surface area (Å²) in [7, 11) is 0. The van der Waals surface area contributed by atoms with Crippen molar-refractivity contribution in [3.63, 3.8) is 0 Å². The Morgan fingerprint density at radius 3 is 1.89 bits per heavy atom. The monoisotopic (exact) mass is 507 g/mol. The predicted molar refractivity (Wildman–Crippen MR) is 157 cm³/mol. The number of benzene rings is 3. The Kier molecular flexibility index (Phi) is 6.83. The predicted octanol–water partition coefficient (Wildman–Crippen LogP) is 6.98.